The zero-order chi connectivity index (χ0) is 8.85. The molecule has 0 saturated heterocycles. The van der Waals surface area contributed by atoms with E-state index < -0.39 is 0 Å². The van der Waals surface area contributed by atoms with Crippen molar-refractivity contribution in [3.63, 3.8) is 0 Å². The molecule has 1 amide bonds. The Morgan fingerprint density at radius 3 is 2.55 bits per heavy atom. The van der Waals surface area contributed by atoms with Crippen LogP contribution in [0.2, 0.25) is 0 Å². The Kier molecular flexibility index (Phi) is 5.03. The smallest absolute Gasteiger partial charge is 0.225 e. The van der Waals surface area contributed by atoms with Crippen LogP contribution in [0.3, 0.4) is 0 Å². The highest BCUT2D eigenvalue weighted by atomic mass is 32.2. The first-order valence-electron chi connectivity index (χ1n) is 3.57. The summed E-state index contributed by atoms with van der Waals surface area (Å²) >= 11 is 1.52. The van der Waals surface area contributed by atoms with Crippen LogP contribution in [0.5, 0.6) is 0 Å². The average Bonchev–Trinajstić information content (AvgIpc) is 1.85. The van der Waals surface area contributed by atoms with Crippen LogP contribution in [-0.4, -0.2) is 18.2 Å². The molecule has 0 aromatic rings. The van der Waals surface area contributed by atoms with Gasteiger partial charge in [0.1, 0.15) is 0 Å². The lowest BCUT2D eigenvalue weighted by atomic mass is 10.3. The number of amides is 1. The molecule has 11 heavy (non-hydrogen) atoms. The van der Waals surface area contributed by atoms with Gasteiger partial charge >= 0.3 is 0 Å². The van der Waals surface area contributed by atoms with Gasteiger partial charge in [0.25, 0.3) is 0 Å². The molecule has 0 bridgehead atoms. The molecule has 0 aliphatic rings. The van der Waals surface area contributed by atoms with E-state index in [1.165, 1.54) is 11.8 Å². The molecule has 0 aromatic carbocycles. The monoisotopic (exact) mass is 173 g/mol. The predicted octanol–water partition coefficient (Wildman–Crippen LogP) is 1.78. The van der Waals surface area contributed by atoms with E-state index in [4.69, 9.17) is 0 Å². The molecule has 0 saturated carbocycles. The Labute approximate surface area is 72.4 Å². The molecule has 0 spiro atoms. The van der Waals surface area contributed by atoms with Crippen LogP contribution in [0.1, 0.15) is 20.3 Å². The fourth-order valence-electron chi connectivity index (χ4n) is 0.624. The lowest BCUT2D eigenvalue weighted by Gasteiger charge is -2.07. The molecule has 64 valence electrons. The molecule has 0 atom stereocenters. The molecule has 1 N–H and O–H groups in total. The molecule has 0 heterocycles. The van der Waals surface area contributed by atoms with E-state index in [0.717, 1.165) is 4.91 Å². The minimum absolute atomic E-state index is 0.0550. The third kappa shape index (κ3) is 5.98. The Morgan fingerprint density at radius 2 is 2.18 bits per heavy atom. The van der Waals surface area contributed by atoms with Crippen LogP contribution >= 0.6 is 11.8 Å². The number of nitrogens with one attached hydrogen (secondary N) is 1. The fraction of sp³-hybridized carbons (Fsp3) is 0.625. The topological polar surface area (TPSA) is 29.1 Å². The van der Waals surface area contributed by atoms with Crippen molar-refractivity contribution in [3.05, 3.63) is 11.5 Å². The van der Waals surface area contributed by atoms with E-state index >= 15 is 0 Å². The first-order chi connectivity index (χ1) is 5.06. The Bertz CT molecular complexity index is 154. The molecular weight excluding hydrogens is 158 g/mol. The minimum atomic E-state index is 0.0550. The van der Waals surface area contributed by atoms with Gasteiger partial charge in [-0.2, -0.15) is 0 Å². The molecule has 0 unspecified atom stereocenters. The van der Waals surface area contributed by atoms with Gasteiger partial charge in [0, 0.05) is 6.04 Å². The van der Waals surface area contributed by atoms with E-state index in [0.29, 0.717) is 6.42 Å². The number of carbonyl (C=O) groups excluding carboxylic acids is 1. The first kappa shape index (κ1) is 10.6. The molecule has 3 heteroatoms. The molecule has 0 aliphatic carbocycles. The third-order valence-electron chi connectivity index (χ3n) is 1.10. The first-order valence-corrected chi connectivity index (χ1v) is 4.80. The van der Waals surface area contributed by atoms with Gasteiger partial charge in [-0.15, -0.1) is 11.8 Å². The molecule has 0 fully saturated rings. The van der Waals surface area contributed by atoms with Crippen molar-refractivity contribution in [2.75, 3.05) is 6.26 Å². The summed E-state index contributed by atoms with van der Waals surface area (Å²) in [5.74, 6) is 0.0550. The fourth-order valence-corrected chi connectivity index (χ4v) is 0.900. The summed E-state index contributed by atoms with van der Waals surface area (Å²) < 4.78 is 0. The van der Waals surface area contributed by atoms with Gasteiger partial charge in [-0.1, -0.05) is 6.58 Å². The van der Waals surface area contributed by atoms with Crippen molar-refractivity contribution in [1.82, 2.24) is 5.32 Å². The highest BCUT2D eigenvalue weighted by molar-refractivity contribution is 8.02. The highest BCUT2D eigenvalue weighted by Gasteiger charge is 2.03. The van der Waals surface area contributed by atoms with Gasteiger partial charge in [0.15, 0.2) is 0 Å². The molecule has 0 rings (SSSR count). The van der Waals surface area contributed by atoms with Gasteiger partial charge in [-0.3, -0.25) is 4.79 Å². The van der Waals surface area contributed by atoms with Crippen molar-refractivity contribution in [2.45, 2.75) is 26.3 Å². The van der Waals surface area contributed by atoms with E-state index in [9.17, 15) is 4.79 Å². The normalized spacial score (nSPS) is 9.82. The largest absolute Gasteiger partial charge is 0.354 e. The van der Waals surface area contributed by atoms with Crippen molar-refractivity contribution in [2.24, 2.45) is 0 Å². The third-order valence-corrected chi connectivity index (χ3v) is 1.82. The minimum Gasteiger partial charge on any atom is -0.354 e. The van der Waals surface area contributed by atoms with Crippen LogP contribution in [-0.2, 0) is 4.79 Å². The highest BCUT2D eigenvalue weighted by Crippen LogP contribution is 2.11. The Hall–Kier alpha value is -0.440. The number of hydrogen-bond donors (Lipinski definition) is 1. The lowest BCUT2D eigenvalue weighted by Crippen LogP contribution is -2.29. The number of carbonyl (C=O) groups is 1. The van der Waals surface area contributed by atoms with Crippen molar-refractivity contribution < 1.29 is 4.79 Å². The maximum atomic E-state index is 11.0. The molecule has 2 nitrogen and oxygen atoms in total. The van der Waals surface area contributed by atoms with Gasteiger partial charge in [0.05, 0.1) is 6.42 Å². The van der Waals surface area contributed by atoms with E-state index in [2.05, 4.69) is 11.9 Å². The van der Waals surface area contributed by atoms with Gasteiger partial charge in [0.2, 0.25) is 5.91 Å². The zero-order valence-corrected chi connectivity index (χ0v) is 8.12. The predicted molar refractivity (Wildman–Crippen MR) is 50.6 cm³/mol. The quantitative estimate of drug-likeness (QED) is 0.702. The number of hydrogen-bond acceptors (Lipinski definition) is 2. The summed E-state index contributed by atoms with van der Waals surface area (Å²) in [5, 5.41) is 2.79. The maximum Gasteiger partial charge on any atom is 0.225 e. The zero-order valence-electron chi connectivity index (χ0n) is 7.31. The summed E-state index contributed by atoms with van der Waals surface area (Å²) in [5.41, 5.74) is 0. The van der Waals surface area contributed by atoms with Crippen molar-refractivity contribution in [3.8, 4) is 0 Å². The second kappa shape index (κ2) is 5.24. The Morgan fingerprint density at radius 1 is 1.64 bits per heavy atom. The van der Waals surface area contributed by atoms with Gasteiger partial charge < -0.3 is 5.32 Å². The summed E-state index contributed by atoms with van der Waals surface area (Å²) in [4.78, 5) is 11.9. The summed E-state index contributed by atoms with van der Waals surface area (Å²) in [6.07, 6.45) is 2.35. The van der Waals surface area contributed by atoms with Gasteiger partial charge in [-0.05, 0) is 25.0 Å². The standard InChI is InChI=1S/C8H15NOS/c1-6(2)9-8(10)5-7(3)11-4/h6H,3,5H2,1-2,4H3,(H,9,10). The number of rotatable bonds is 4. The van der Waals surface area contributed by atoms with E-state index in [1.54, 1.807) is 0 Å². The summed E-state index contributed by atoms with van der Waals surface area (Å²) in [7, 11) is 0. The molecule has 0 aliphatic heterocycles. The Balaban J connectivity index is 3.61. The lowest BCUT2D eigenvalue weighted by molar-refractivity contribution is -0.120. The van der Waals surface area contributed by atoms with Crippen LogP contribution in [0.25, 0.3) is 0 Å². The van der Waals surface area contributed by atoms with E-state index in [1.807, 2.05) is 20.1 Å². The van der Waals surface area contributed by atoms with Crippen LogP contribution in [0, 0.1) is 0 Å². The summed E-state index contributed by atoms with van der Waals surface area (Å²) in [6.45, 7) is 7.61. The second-order valence-corrected chi connectivity index (χ2v) is 3.63. The van der Waals surface area contributed by atoms with Crippen LogP contribution in [0.15, 0.2) is 11.5 Å². The summed E-state index contributed by atoms with van der Waals surface area (Å²) in [6, 6.07) is 0.220. The number of thioether (sulfide) groups is 1. The second-order valence-electron chi connectivity index (χ2n) is 2.64. The molecular formula is C8H15NOS. The van der Waals surface area contributed by atoms with Crippen molar-refractivity contribution in [1.29, 1.82) is 0 Å². The molecule has 0 radical (unpaired) electrons. The van der Waals surface area contributed by atoms with Crippen LogP contribution < -0.4 is 5.32 Å². The van der Waals surface area contributed by atoms with Crippen LogP contribution in [0.4, 0.5) is 0 Å². The SMILES string of the molecule is C=C(CC(=O)NC(C)C)SC. The molecule has 0 aromatic heterocycles. The van der Waals surface area contributed by atoms with E-state index in [-0.39, 0.29) is 11.9 Å². The average molecular weight is 173 g/mol. The maximum absolute atomic E-state index is 11.0. The van der Waals surface area contributed by atoms with Gasteiger partial charge in [-0.25, -0.2) is 0 Å². The van der Waals surface area contributed by atoms with Crippen molar-refractivity contribution >= 4 is 17.7 Å².